The Morgan fingerprint density at radius 3 is 2.89 bits per heavy atom. The summed E-state index contributed by atoms with van der Waals surface area (Å²) in [5, 5.41) is 9.45. The maximum Gasteiger partial charge on any atom is 0.307 e. The van der Waals surface area contributed by atoms with Gasteiger partial charge in [-0.05, 0) is 48.8 Å². The van der Waals surface area contributed by atoms with Crippen molar-refractivity contribution in [2.45, 2.75) is 39.0 Å². The molecule has 3 heteroatoms. The number of benzene rings is 1. The summed E-state index contributed by atoms with van der Waals surface area (Å²) >= 11 is 0. The van der Waals surface area contributed by atoms with Crippen LogP contribution in [0.5, 0.6) is 0 Å². The highest BCUT2D eigenvalue weighted by atomic mass is 19.1. The van der Waals surface area contributed by atoms with Gasteiger partial charge in [-0.3, -0.25) is 4.79 Å². The second-order valence-electron chi connectivity index (χ2n) is 5.81. The van der Waals surface area contributed by atoms with E-state index in [0.717, 1.165) is 24.8 Å². The van der Waals surface area contributed by atoms with Gasteiger partial charge in [-0.15, -0.1) is 0 Å². The van der Waals surface area contributed by atoms with Gasteiger partial charge in [-0.1, -0.05) is 31.9 Å². The summed E-state index contributed by atoms with van der Waals surface area (Å²) in [6.07, 6.45) is 4.70. The summed E-state index contributed by atoms with van der Waals surface area (Å²) in [6.45, 7) is 2.19. The van der Waals surface area contributed by atoms with Crippen molar-refractivity contribution in [3.05, 3.63) is 35.6 Å². The fourth-order valence-corrected chi connectivity index (χ4v) is 3.22. The van der Waals surface area contributed by atoms with E-state index >= 15 is 0 Å². The quantitative estimate of drug-likeness (QED) is 0.895. The molecule has 1 saturated carbocycles. The Kier molecular flexibility index (Phi) is 4.56. The van der Waals surface area contributed by atoms with Crippen molar-refractivity contribution in [3.63, 3.8) is 0 Å². The van der Waals surface area contributed by atoms with Crippen molar-refractivity contribution in [2.24, 2.45) is 17.8 Å². The van der Waals surface area contributed by atoms with Crippen LogP contribution in [0.15, 0.2) is 24.3 Å². The highest BCUT2D eigenvalue weighted by molar-refractivity contribution is 5.70. The Labute approximate surface area is 113 Å². The SMILES string of the molecule is CC1CCCC(C(Cc2cccc(F)c2)C(=O)O)C1. The van der Waals surface area contributed by atoms with Crippen LogP contribution >= 0.6 is 0 Å². The number of carboxylic acids is 1. The van der Waals surface area contributed by atoms with E-state index in [1.807, 2.05) is 6.07 Å². The first-order chi connectivity index (χ1) is 9.06. The number of halogens is 1. The number of carbonyl (C=O) groups is 1. The van der Waals surface area contributed by atoms with Gasteiger partial charge in [0, 0.05) is 0 Å². The molecule has 2 nitrogen and oxygen atoms in total. The third kappa shape index (κ3) is 3.79. The minimum absolute atomic E-state index is 0.226. The van der Waals surface area contributed by atoms with E-state index in [0.29, 0.717) is 12.3 Å². The Morgan fingerprint density at radius 2 is 2.26 bits per heavy atom. The van der Waals surface area contributed by atoms with E-state index < -0.39 is 5.97 Å². The number of aliphatic carboxylic acids is 1. The molecule has 0 amide bonds. The third-order valence-electron chi connectivity index (χ3n) is 4.21. The van der Waals surface area contributed by atoms with E-state index in [4.69, 9.17) is 0 Å². The minimum atomic E-state index is -0.747. The van der Waals surface area contributed by atoms with Crippen LogP contribution in [-0.2, 0) is 11.2 Å². The van der Waals surface area contributed by atoms with Crippen LogP contribution in [-0.4, -0.2) is 11.1 Å². The molecule has 1 aliphatic carbocycles. The molecule has 0 aromatic heterocycles. The van der Waals surface area contributed by atoms with Crippen LogP contribution < -0.4 is 0 Å². The standard InChI is InChI=1S/C16H21FO2/c1-11-4-2-6-13(8-11)15(16(18)19)10-12-5-3-7-14(17)9-12/h3,5,7,9,11,13,15H,2,4,6,8,10H2,1H3,(H,18,19). The number of hydrogen-bond donors (Lipinski definition) is 1. The fraction of sp³-hybridized carbons (Fsp3) is 0.562. The number of rotatable bonds is 4. The van der Waals surface area contributed by atoms with Crippen molar-refractivity contribution in [3.8, 4) is 0 Å². The van der Waals surface area contributed by atoms with Gasteiger partial charge in [0.05, 0.1) is 5.92 Å². The van der Waals surface area contributed by atoms with Gasteiger partial charge in [0.15, 0.2) is 0 Å². The lowest BCUT2D eigenvalue weighted by atomic mass is 9.74. The van der Waals surface area contributed by atoms with Crippen molar-refractivity contribution < 1.29 is 14.3 Å². The van der Waals surface area contributed by atoms with Gasteiger partial charge in [0.1, 0.15) is 5.82 Å². The maximum absolute atomic E-state index is 13.2. The molecule has 2 rings (SSSR count). The normalized spacial score (nSPS) is 24.9. The Balaban J connectivity index is 2.09. The summed E-state index contributed by atoms with van der Waals surface area (Å²) in [4.78, 5) is 11.5. The van der Waals surface area contributed by atoms with Crippen molar-refractivity contribution >= 4 is 5.97 Å². The van der Waals surface area contributed by atoms with Crippen LogP contribution in [0.1, 0.15) is 38.2 Å². The van der Waals surface area contributed by atoms with Gasteiger partial charge in [0.25, 0.3) is 0 Å². The van der Waals surface area contributed by atoms with Gasteiger partial charge < -0.3 is 5.11 Å². The van der Waals surface area contributed by atoms with Crippen LogP contribution in [0.25, 0.3) is 0 Å². The Hall–Kier alpha value is -1.38. The largest absolute Gasteiger partial charge is 0.481 e. The molecule has 1 aromatic carbocycles. The van der Waals surface area contributed by atoms with E-state index in [2.05, 4.69) is 6.92 Å². The molecule has 1 aromatic rings. The predicted molar refractivity (Wildman–Crippen MR) is 72.4 cm³/mol. The highest BCUT2D eigenvalue weighted by Gasteiger charge is 2.31. The first kappa shape index (κ1) is 14.0. The molecule has 0 heterocycles. The molecule has 104 valence electrons. The van der Waals surface area contributed by atoms with E-state index in [-0.39, 0.29) is 17.7 Å². The zero-order valence-electron chi connectivity index (χ0n) is 11.3. The lowest BCUT2D eigenvalue weighted by Crippen LogP contribution is -2.29. The zero-order chi connectivity index (χ0) is 13.8. The number of hydrogen-bond acceptors (Lipinski definition) is 1. The van der Waals surface area contributed by atoms with E-state index in [1.165, 1.54) is 18.6 Å². The van der Waals surface area contributed by atoms with Crippen LogP contribution in [0.3, 0.4) is 0 Å². The second kappa shape index (κ2) is 6.18. The zero-order valence-corrected chi connectivity index (χ0v) is 11.3. The summed E-state index contributed by atoms with van der Waals surface area (Å²) < 4.78 is 13.2. The van der Waals surface area contributed by atoms with Gasteiger partial charge in [-0.2, -0.15) is 0 Å². The molecule has 0 aliphatic heterocycles. The fourth-order valence-electron chi connectivity index (χ4n) is 3.22. The summed E-state index contributed by atoms with van der Waals surface area (Å²) in [5.74, 6) is -0.593. The van der Waals surface area contributed by atoms with Gasteiger partial charge in [0.2, 0.25) is 0 Å². The van der Waals surface area contributed by atoms with Gasteiger partial charge in [-0.25, -0.2) is 4.39 Å². The molecule has 0 radical (unpaired) electrons. The molecular formula is C16H21FO2. The molecular weight excluding hydrogens is 243 g/mol. The Bertz CT molecular complexity index is 444. The number of carboxylic acid groups (broad SMARTS) is 1. The summed E-state index contributed by atoms with van der Waals surface area (Å²) in [5.41, 5.74) is 0.783. The van der Waals surface area contributed by atoms with Crippen molar-refractivity contribution in [1.82, 2.24) is 0 Å². The van der Waals surface area contributed by atoms with Crippen LogP contribution in [0.2, 0.25) is 0 Å². The molecule has 3 unspecified atom stereocenters. The average Bonchev–Trinajstić information content (AvgIpc) is 2.35. The smallest absolute Gasteiger partial charge is 0.307 e. The van der Waals surface area contributed by atoms with Crippen molar-refractivity contribution in [2.75, 3.05) is 0 Å². The van der Waals surface area contributed by atoms with Crippen LogP contribution in [0.4, 0.5) is 4.39 Å². The minimum Gasteiger partial charge on any atom is -0.481 e. The lowest BCUT2D eigenvalue weighted by molar-refractivity contribution is -0.144. The highest BCUT2D eigenvalue weighted by Crippen LogP contribution is 2.35. The first-order valence-electron chi connectivity index (χ1n) is 7.03. The van der Waals surface area contributed by atoms with Crippen molar-refractivity contribution in [1.29, 1.82) is 0 Å². The first-order valence-corrected chi connectivity index (χ1v) is 7.03. The molecule has 0 bridgehead atoms. The Morgan fingerprint density at radius 1 is 1.47 bits per heavy atom. The molecule has 3 atom stereocenters. The molecule has 1 aliphatic rings. The van der Waals surface area contributed by atoms with Gasteiger partial charge >= 0.3 is 5.97 Å². The monoisotopic (exact) mass is 264 g/mol. The average molecular weight is 264 g/mol. The molecule has 19 heavy (non-hydrogen) atoms. The van der Waals surface area contributed by atoms with Crippen LogP contribution in [0, 0.1) is 23.6 Å². The third-order valence-corrected chi connectivity index (χ3v) is 4.21. The van der Waals surface area contributed by atoms with E-state index in [1.54, 1.807) is 6.07 Å². The molecule has 1 fully saturated rings. The molecule has 1 N–H and O–H groups in total. The van der Waals surface area contributed by atoms with E-state index in [9.17, 15) is 14.3 Å². The summed E-state index contributed by atoms with van der Waals surface area (Å²) in [7, 11) is 0. The lowest BCUT2D eigenvalue weighted by Gasteiger charge is -2.31. The molecule has 0 saturated heterocycles. The summed E-state index contributed by atoms with van der Waals surface area (Å²) in [6, 6.07) is 6.29. The maximum atomic E-state index is 13.2. The predicted octanol–water partition coefficient (Wildman–Crippen LogP) is 3.90. The molecule has 0 spiro atoms. The second-order valence-corrected chi connectivity index (χ2v) is 5.81. The topological polar surface area (TPSA) is 37.3 Å².